The van der Waals surface area contributed by atoms with Crippen LogP contribution in [-0.4, -0.2) is 47.4 Å². The minimum Gasteiger partial charge on any atom is -0.491 e. The molecule has 3 rings (SSSR count). The maximum Gasteiger partial charge on any atom is 0.134 e. The number of nitrogens with one attached hydrogen (secondary N) is 1. The molecular weight excluding hydrogens is 335 g/mol. The Morgan fingerprint density at radius 3 is 2.92 bits per heavy atom. The summed E-state index contributed by atoms with van der Waals surface area (Å²) in [6.07, 6.45) is 3.26. The number of halogens is 1. The summed E-state index contributed by atoms with van der Waals surface area (Å²) in [6.45, 7) is 4.68. The van der Waals surface area contributed by atoms with Gasteiger partial charge in [0.05, 0.1) is 0 Å². The number of hydrogen-bond donors (Lipinski definition) is 2. The van der Waals surface area contributed by atoms with Crippen molar-refractivity contribution in [2.45, 2.75) is 25.9 Å². The summed E-state index contributed by atoms with van der Waals surface area (Å²) in [7, 11) is 0. The van der Waals surface area contributed by atoms with Gasteiger partial charge in [-0.3, -0.25) is 0 Å². The van der Waals surface area contributed by atoms with Gasteiger partial charge >= 0.3 is 0 Å². The highest BCUT2D eigenvalue weighted by atomic mass is 19.1. The lowest BCUT2D eigenvalue weighted by atomic mass is 10.0. The Hall–Kier alpha value is -2.41. The third-order valence-corrected chi connectivity index (χ3v) is 4.41. The molecule has 6 nitrogen and oxygen atoms in total. The summed E-state index contributed by atoms with van der Waals surface area (Å²) >= 11 is 0. The van der Waals surface area contributed by atoms with E-state index in [2.05, 4.69) is 27.1 Å². The van der Waals surface area contributed by atoms with Crippen molar-refractivity contribution in [2.24, 2.45) is 5.92 Å². The predicted octanol–water partition coefficient (Wildman–Crippen LogP) is 2.70. The minimum atomic E-state index is -0.714. The number of anilines is 2. The van der Waals surface area contributed by atoms with Gasteiger partial charge in [0, 0.05) is 25.7 Å². The van der Waals surface area contributed by atoms with E-state index in [9.17, 15) is 9.50 Å². The fourth-order valence-corrected chi connectivity index (χ4v) is 3.02. The Balaban J connectivity index is 1.48. The lowest BCUT2D eigenvalue weighted by Crippen LogP contribution is -2.35. The van der Waals surface area contributed by atoms with E-state index in [4.69, 9.17) is 4.74 Å². The molecule has 140 valence electrons. The number of piperidine rings is 1. The molecule has 26 heavy (non-hydrogen) atoms. The molecule has 1 aromatic heterocycles. The molecule has 0 amide bonds. The highest BCUT2D eigenvalue weighted by Gasteiger charge is 2.18. The number of hydrogen-bond acceptors (Lipinski definition) is 6. The first-order chi connectivity index (χ1) is 12.6. The second kappa shape index (κ2) is 8.80. The molecule has 0 saturated carbocycles. The van der Waals surface area contributed by atoms with Crippen LogP contribution in [0.15, 0.2) is 36.7 Å². The molecule has 1 aliphatic rings. The summed E-state index contributed by atoms with van der Waals surface area (Å²) in [6, 6.07) is 7.62. The van der Waals surface area contributed by atoms with Gasteiger partial charge in [-0.05, 0) is 43.0 Å². The normalized spacial score (nSPS) is 18.4. The molecule has 1 fully saturated rings. The second-order valence-electron chi connectivity index (χ2n) is 6.75. The van der Waals surface area contributed by atoms with Gasteiger partial charge in [0.25, 0.3) is 0 Å². The van der Waals surface area contributed by atoms with Gasteiger partial charge < -0.3 is 20.1 Å². The van der Waals surface area contributed by atoms with Crippen LogP contribution in [0.5, 0.6) is 5.75 Å². The van der Waals surface area contributed by atoms with Crippen molar-refractivity contribution in [1.82, 2.24) is 9.97 Å². The van der Waals surface area contributed by atoms with Crippen molar-refractivity contribution < 1.29 is 14.2 Å². The van der Waals surface area contributed by atoms with Gasteiger partial charge in [0.15, 0.2) is 0 Å². The number of nitrogens with zero attached hydrogens (tertiary/aromatic N) is 3. The van der Waals surface area contributed by atoms with Crippen LogP contribution < -0.4 is 15.0 Å². The number of benzene rings is 1. The van der Waals surface area contributed by atoms with E-state index in [1.807, 2.05) is 6.07 Å². The largest absolute Gasteiger partial charge is 0.491 e. The number of rotatable bonds is 7. The topological polar surface area (TPSA) is 70.5 Å². The van der Waals surface area contributed by atoms with E-state index >= 15 is 0 Å². The average molecular weight is 360 g/mol. The van der Waals surface area contributed by atoms with E-state index in [0.29, 0.717) is 24.0 Å². The zero-order chi connectivity index (χ0) is 18.4. The molecule has 0 spiro atoms. The third kappa shape index (κ3) is 5.29. The zero-order valence-electron chi connectivity index (χ0n) is 14.9. The first-order valence-corrected chi connectivity index (χ1v) is 8.97. The first-order valence-electron chi connectivity index (χ1n) is 8.97. The standard InChI is InChI=1S/C19H25FN4O2/c1-14-3-2-8-24(11-14)19-9-18(22-13-23-19)21-10-16(25)12-26-17-6-4-15(20)5-7-17/h4-7,9,13-14,16,25H,2-3,8,10-12H2,1H3,(H,21,22,23). The summed E-state index contributed by atoms with van der Waals surface area (Å²) in [4.78, 5) is 10.8. The van der Waals surface area contributed by atoms with Gasteiger partial charge in [-0.15, -0.1) is 0 Å². The van der Waals surface area contributed by atoms with Crippen LogP contribution in [0.2, 0.25) is 0 Å². The smallest absolute Gasteiger partial charge is 0.134 e. The third-order valence-electron chi connectivity index (χ3n) is 4.41. The minimum absolute atomic E-state index is 0.111. The van der Waals surface area contributed by atoms with E-state index in [0.717, 1.165) is 18.9 Å². The maximum atomic E-state index is 12.9. The van der Waals surface area contributed by atoms with E-state index in [1.54, 1.807) is 6.33 Å². The highest BCUT2D eigenvalue weighted by molar-refractivity contribution is 5.48. The Morgan fingerprint density at radius 1 is 1.35 bits per heavy atom. The Labute approximate surface area is 153 Å². The van der Waals surface area contributed by atoms with Crippen molar-refractivity contribution in [3.05, 3.63) is 42.5 Å². The van der Waals surface area contributed by atoms with Crippen molar-refractivity contribution in [3.63, 3.8) is 0 Å². The average Bonchev–Trinajstić information content (AvgIpc) is 2.66. The molecule has 2 N–H and O–H groups in total. The van der Waals surface area contributed by atoms with Crippen molar-refractivity contribution in [1.29, 1.82) is 0 Å². The second-order valence-corrected chi connectivity index (χ2v) is 6.75. The molecule has 0 radical (unpaired) electrons. The lowest BCUT2D eigenvalue weighted by molar-refractivity contribution is 0.117. The zero-order valence-corrected chi connectivity index (χ0v) is 14.9. The van der Waals surface area contributed by atoms with E-state index < -0.39 is 6.10 Å². The fraction of sp³-hybridized carbons (Fsp3) is 0.474. The quantitative estimate of drug-likeness (QED) is 0.791. The van der Waals surface area contributed by atoms with Gasteiger partial charge in [-0.2, -0.15) is 0 Å². The number of aliphatic hydroxyl groups excluding tert-OH is 1. The molecule has 2 aromatic rings. The van der Waals surface area contributed by atoms with Crippen LogP contribution in [0.25, 0.3) is 0 Å². The molecule has 2 unspecified atom stereocenters. The van der Waals surface area contributed by atoms with Crippen molar-refractivity contribution in [2.75, 3.05) is 36.5 Å². The van der Waals surface area contributed by atoms with Gasteiger partial charge in [0.1, 0.15) is 42.2 Å². The SMILES string of the molecule is CC1CCCN(c2cc(NCC(O)COc3ccc(F)cc3)ncn2)C1. The van der Waals surface area contributed by atoms with Crippen LogP contribution in [0, 0.1) is 11.7 Å². The highest BCUT2D eigenvalue weighted by Crippen LogP contribution is 2.22. The molecule has 1 aromatic carbocycles. The van der Waals surface area contributed by atoms with Gasteiger partial charge in [-0.25, -0.2) is 14.4 Å². The number of aliphatic hydroxyl groups is 1. The molecule has 0 aliphatic carbocycles. The van der Waals surface area contributed by atoms with E-state index in [1.165, 1.54) is 37.1 Å². The van der Waals surface area contributed by atoms with Crippen LogP contribution in [0.1, 0.15) is 19.8 Å². The van der Waals surface area contributed by atoms with E-state index in [-0.39, 0.29) is 12.4 Å². The molecular formula is C19H25FN4O2. The number of ether oxygens (including phenoxy) is 1. The molecule has 2 atom stereocenters. The summed E-state index contributed by atoms with van der Waals surface area (Å²) in [5.74, 6) is 2.46. The number of aromatic nitrogens is 2. The van der Waals surface area contributed by atoms with Gasteiger partial charge in [-0.1, -0.05) is 6.92 Å². The Morgan fingerprint density at radius 2 is 2.15 bits per heavy atom. The van der Waals surface area contributed by atoms with Crippen molar-refractivity contribution >= 4 is 11.6 Å². The monoisotopic (exact) mass is 360 g/mol. The molecule has 7 heteroatoms. The summed E-state index contributed by atoms with van der Waals surface area (Å²) in [5.41, 5.74) is 0. The molecule has 1 saturated heterocycles. The van der Waals surface area contributed by atoms with Crippen molar-refractivity contribution in [3.8, 4) is 5.75 Å². The molecule has 2 heterocycles. The van der Waals surface area contributed by atoms with Crippen LogP contribution in [0.3, 0.4) is 0 Å². The van der Waals surface area contributed by atoms with Crippen LogP contribution in [-0.2, 0) is 0 Å². The Kier molecular flexibility index (Phi) is 6.22. The summed E-state index contributed by atoms with van der Waals surface area (Å²) in [5, 5.41) is 13.2. The summed E-state index contributed by atoms with van der Waals surface area (Å²) < 4.78 is 18.3. The Bertz CT molecular complexity index is 698. The molecule has 0 bridgehead atoms. The lowest BCUT2D eigenvalue weighted by Gasteiger charge is -2.31. The van der Waals surface area contributed by atoms with Crippen LogP contribution in [0.4, 0.5) is 16.0 Å². The van der Waals surface area contributed by atoms with Crippen LogP contribution >= 0.6 is 0 Å². The molecule has 1 aliphatic heterocycles. The maximum absolute atomic E-state index is 12.9. The predicted molar refractivity (Wildman–Crippen MR) is 99.0 cm³/mol. The van der Waals surface area contributed by atoms with Gasteiger partial charge in [0.2, 0.25) is 0 Å². The fourth-order valence-electron chi connectivity index (χ4n) is 3.02. The first kappa shape index (κ1) is 18.4.